The SMILES string of the molecule is C.N#CCC1(n2cc(C(N)=O)c(NC=O)n2)CCNCC1. The zero-order chi connectivity index (χ0) is 14.6. The molecule has 8 nitrogen and oxygen atoms in total. The van der Waals surface area contributed by atoms with Gasteiger partial charge in [0.15, 0.2) is 5.82 Å². The first kappa shape index (κ1) is 16.7. The average Bonchev–Trinajstić information content (AvgIpc) is 2.85. The molecule has 0 saturated carbocycles. The van der Waals surface area contributed by atoms with Gasteiger partial charge in [-0.3, -0.25) is 14.3 Å². The molecular weight excluding hydrogens is 272 g/mol. The minimum atomic E-state index is -0.665. The standard InChI is InChI=1S/C12H16N6O2.CH4/c13-4-1-12(2-5-15-6-3-12)18-7-9(10(14)20)11(17-18)16-8-19;/h7-8,15H,1-3,5-6H2,(H2,14,20)(H,16,17,19);1H4. The molecule has 0 aromatic carbocycles. The van der Waals surface area contributed by atoms with Gasteiger partial charge in [-0.05, 0) is 25.9 Å². The highest BCUT2D eigenvalue weighted by Crippen LogP contribution is 2.32. The van der Waals surface area contributed by atoms with Crippen LogP contribution in [0.15, 0.2) is 6.20 Å². The summed E-state index contributed by atoms with van der Waals surface area (Å²) in [6.07, 6.45) is 3.69. The van der Waals surface area contributed by atoms with Crippen molar-refractivity contribution >= 4 is 18.1 Å². The topological polar surface area (TPSA) is 126 Å². The summed E-state index contributed by atoms with van der Waals surface area (Å²) >= 11 is 0. The second-order valence-electron chi connectivity index (χ2n) is 4.77. The third kappa shape index (κ3) is 3.20. The molecule has 0 aliphatic carbocycles. The predicted octanol–water partition coefficient (Wildman–Crippen LogP) is 0.179. The van der Waals surface area contributed by atoms with Crippen LogP contribution in [0.25, 0.3) is 0 Å². The summed E-state index contributed by atoms with van der Waals surface area (Å²) in [7, 11) is 0. The Bertz CT molecular complexity index is 553. The number of amides is 2. The van der Waals surface area contributed by atoms with Crippen LogP contribution in [0.1, 0.15) is 37.0 Å². The molecular formula is C13H20N6O2. The van der Waals surface area contributed by atoms with E-state index in [2.05, 4.69) is 21.8 Å². The molecule has 0 atom stereocenters. The second-order valence-corrected chi connectivity index (χ2v) is 4.77. The van der Waals surface area contributed by atoms with Crippen molar-refractivity contribution in [2.45, 2.75) is 32.2 Å². The van der Waals surface area contributed by atoms with Gasteiger partial charge in [-0.1, -0.05) is 7.43 Å². The second kappa shape index (κ2) is 6.85. The third-order valence-electron chi connectivity index (χ3n) is 3.60. The van der Waals surface area contributed by atoms with E-state index in [9.17, 15) is 9.59 Å². The highest BCUT2D eigenvalue weighted by Gasteiger charge is 2.35. The molecule has 21 heavy (non-hydrogen) atoms. The first-order valence-electron chi connectivity index (χ1n) is 6.31. The van der Waals surface area contributed by atoms with Gasteiger partial charge in [-0.25, -0.2) is 0 Å². The molecule has 0 bridgehead atoms. The fourth-order valence-electron chi connectivity index (χ4n) is 2.49. The first-order valence-corrected chi connectivity index (χ1v) is 6.31. The first-order chi connectivity index (χ1) is 9.63. The van der Waals surface area contributed by atoms with Crippen LogP contribution in [0.2, 0.25) is 0 Å². The molecule has 2 amide bonds. The minimum Gasteiger partial charge on any atom is -0.365 e. The molecule has 4 N–H and O–H groups in total. The van der Waals surface area contributed by atoms with Crippen LogP contribution in [-0.2, 0) is 10.3 Å². The number of nitrogens with one attached hydrogen (secondary N) is 2. The number of nitriles is 1. The zero-order valence-corrected chi connectivity index (χ0v) is 10.9. The molecule has 2 heterocycles. The summed E-state index contributed by atoms with van der Waals surface area (Å²) in [5.41, 5.74) is 4.96. The van der Waals surface area contributed by atoms with E-state index >= 15 is 0 Å². The molecule has 1 aliphatic heterocycles. The van der Waals surface area contributed by atoms with Crippen molar-refractivity contribution in [3.63, 3.8) is 0 Å². The summed E-state index contributed by atoms with van der Waals surface area (Å²) in [6, 6.07) is 2.17. The Kier molecular flexibility index (Phi) is 5.44. The number of rotatable bonds is 5. The van der Waals surface area contributed by atoms with E-state index < -0.39 is 11.4 Å². The summed E-state index contributed by atoms with van der Waals surface area (Å²) in [6.45, 7) is 1.54. The fraction of sp³-hybridized carbons (Fsp3) is 0.538. The maximum Gasteiger partial charge on any atom is 0.254 e. The number of hydrogen-bond acceptors (Lipinski definition) is 5. The number of carbonyl (C=O) groups is 2. The van der Waals surface area contributed by atoms with Gasteiger partial charge < -0.3 is 16.4 Å². The number of piperidine rings is 1. The summed E-state index contributed by atoms with van der Waals surface area (Å²) < 4.78 is 1.60. The lowest BCUT2D eigenvalue weighted by molar-refractivity contribution is -0.105. The highest BCUT2D eigenvalue weighted by molar-refractivity contribution is 5.99. The van der Waals surface area contributed by atoms with Crippen molar-refractivity contribution in [2.24, 2.45) is 5.73 Å². The van der Waals surface area contributed by atoms with Gasteiger partial charge in [0.1, 0.15) is 5.56 Å². The third-order valence-corrected chi connectivity index (χ3v) is 3.60. The van der Waals surface area contributed by atoms with Crippen LogP contribution in [0.4, 0.5) is 5.82 Å². The number of aromatic nitrogens is 2. The molecule has 1 aromatic rings. The summed E-state index contributed by atoms with van der Waals surface area (Å²) in [5.74, 6) is -0.537. The van der Waals surface area contributed by atoms with E-state index in [4.69, 9.17) is 11.0 Å². The van der Waals surface area contributed by atoms with Crippen molar-refractivity contribution < 1.29 is 9.59 Å². The highest BCUT2D eigenvalue weighted by atomic mass is 16.1. The fourth-order valence-corrected chi connectivity index (χ4v) is 2.49. The molecule has 0 spiro atoms. The maximum absolute atomic E-state index is 11.4. The molecule has 0 radical (unpaired) electrons. The van der Waals surface area contributed by atoms with Crippen LogP contribution in [0, 0.1) is 11.3 Å². The van der Waals surface area contributed by atoms with E-state index in [0.29, 0.717) is 6.41 Å². The Hall–Kier alpha value is -2.40. The predicted molar refractivity (Wildman–Crippen MR) is 77.5 cm³/mol. The molecule has 1 saturated heterocycles. The molecule has 2 rings (SSSR count). The smallest absolute Gasteiger partial charge is 0.254 e. The summed E-state index contributed by atoms with van der Waals surface area (Å²) in [5, 5.41) is 18.9. The molecule has 1 aliphatic rings. The number of carbonyl (C=O) groups excluding carboxylic acids is 2. The maximum atomic E-state index is 11.4. The molecule has 114 valence electrons. The van der Waals surface area contributed by atoms with E-state index in [-0.39, 0.29) is 25.2 Å². The lowest BCUT2D eigenvalue weighted by Gasteiger charge is -2.36. The van der Waals surface area contributed by atoms with E-state index in [1.807, 2.05) is 0 Å². The molecule has 1 fully saturated rings. The van der Waals surface area contributed by atoms with Crippen molar-refractivity contribution in [3.05, 3.63) is 11.8 Å². The van der Waals surface area contributed by atoms with Crippen LogP contribution in [0.5, 0.6) is 0 Å². The van der Waals surface area contributed by atoms with Gasteiger partial charge >= 0.3 is 0 Å². The average molecular weight is 292 g/mol. The van der Waals surface area contributed by atoms with Crippen LogP contribution in [-0.4, -0.2) is 35.2 Å². The Balaban J connectivity index is 0.00000220. The summed E-state index contributed by atoms with van der Waals surface area (Å²) in [4.78, 5) is 22.0. The van der Waals surface area contributed by atoms with Gasteiger partial charge in [-0.2, -0.15) is 10.4 Å². The van der Waals surface area contributed by atoms with Gasteiger partial charge in [0, 0.05) is 6.20 Å². The lowest BCUT2D eigenvalue weighted by Crippen LogP contribution is -2.44. The van der Waals surface area contributed by atoms with Crippen LogP contribution < -0.4 is 16.4 Å². The van der Waals surface area contributed by atoms with Crippen LogP contribution in [0.3, 0.4) is 0 Å². The molecule has 8 heteroatoms. The van der Waals surface area contributed by atoms with Crippen molar-refractivity contribution in [2.75, 3.05) is 18.4 Å². The van der Waals surface area contributed by atoms with Gasteiger partial charge in [0.25, 0.3) is 5.91 Å². The van der Waals surface area contributed by atoms with Crippen molar-refractivity contribution in [1.82, 2.24) is 15.1 Å². The van der Waals surface area contributed by atoms with Gasteiger partial charge in [0.2, 0.25) is 6.41 Å². The Morgan fingerprint density at radius 1 is 1.62 bits per heavy atom. The molecule has 1 aromatic heterocycles. The quantitative estimate of drug-likeness (QED) is 0.667. The lowest BCUT2D eigenvalue weighted by atomic mass is 9.86. The number of nitrogens with two attached hydrogens (primary N) is 1. The largest absolute Gasteiger partial charge is 0.365 e. The number of primary amides is 1. The zero-order valence-electron chi connectivity index (χ0n) is 10.9. The normalized spacial score (nSPS) is 16.3. The molecule has 0 unspecified atom stereocenters. The number of hydrogen-bond donors (Lipinski definition) is 3. The number of nitrogens with zero attached hydrogens (tertiary/aromatic N) is 3. The van der Waals surface area contributed by atoms with E-state index in [1.165, 1.54) is 6.20 Å². The van der Waals surface area contributed by atoms with Crippen molar-refractivity contribution in [1.29, 1.82) is 5.26 Å². The van der Waals surface area contributed by atoms with Crippen molar-refractivity contribution in [3.8, 4) is 6.07 Å². The Labute approximate surface area is 123 Å². The van der Waals surface area contributed by atoms with Gasteiger partial charge in [0.05, 0.1) is 18.0 Å². The monoisotopic (exact) mass is 292 g/mol. The van der Waals surface area contributed by atoms with E-state index in [0.717, 1.165) is 25.9 Å². The van der Waals surface area contributed by atoms with E-state index in [1.54, 1.807) is 4.68 Å². The van der Waals surface area contributed by atoms with Crippen LogP contribution >= 0.6 is 0 Å². The Morgan fingerprint density at radius 2 is 2.29 bits per heavy atom. The van der Waals surface area contributed by atoms with Gasteiger partial charge in [-0.15, -0.1) is 0 Å². The number of anilines is 1. The minimum absolute atomic E-state index is 0. The Morgan fingerprint density at radius 3 is 2.81 bits per heavy atom.